The molecule has 0 fully saturated rings. The second-order valence-corrected chi connectivity index (χ2v) is 4.99. The molecule has 0 saturated carbocycles. The molecule has 0 amide bonds. The number of carbonyl (C=O) groups is 1. The fourth-order valence-corrected chi connectivity index (χ4v) is 2.50. The van der Waals surface area contributed by atoms with Gasteiger partial charge in [-0.2, -0.15) is 0 Å². The maximum atomic E-state index is 13.8. The van der Waals surface area contributed by atoms with Gasteiger partial charge in [0, 0.05) is 13.1 Å². The van der Waals surface area contributed by atoms with Crippen molar-refractivity contribution < 1.29 is 19.0 Å². The molecule has 2 aromatic rings. The lowest BCUT2D eigenvalue weighted by Crippen LogP contribution is -2.31. The first-order valence-electron chi connectivity index (χ1n) is 6.74. The average molecular weight is 303 g/mol. The Morgan fingerprint density at radius 2 is 2.14 bits per heavy atom. The van der Waals surface area contributed by atoms with E-state index in [0.717, 1.165) is 17.5 Å². The Hall–Kier alpha value is -2.70. The summed E-state index contributed by atoms with van der Waals surface area (Å²) in [5.74, 6) is -0.683. The molecule has 1 aliphatic rings. The number of hydrogen-bond acceptors (Lipinski definition) is 5. The van der Waals surface area contributed by atoms with Gasteiger partial charge in [0.15, 0.2) is 17.3 Å². The number of aromatic carboxylic acids is 1. The molecular weight excluding hydrogens is 289 g/mol. The number of fused-ring (bicyclic) bond motifs is 1. The average Bonchev–Trinajstić information content (AvgIpc) is 2.53. The third-order valence-corrected chi connectivity index (χ3v) is 3.67. The smallest absolute Gasteiger partial charge is 0.356 e. The topological polar surface area (TPSA) is 75.5 Å². The van der Waals surface area contributed by atoms with Crippen LogP contribution in [0.1, 0.15) is 21.6 Å². The van der Waals surface area contributed by atoms with E-state index in [0.29, 0.717) is 18.9 Å². The molecule has 0 bridgehead atoms. The SMILES string of the molecule is COc1cc2c(cc1F)CN(c1cnc(C(=O)O)cn1)CC2. The van der Waals surface area contributed by atoms with Crippen LogP contribution < -0.4 is 9.64 Å². The zero-order valence-corrected chi connectivity index (χ0v) is 11.9. The number of carboxylic acid groups (broad SMARTS) is 1. The Morgan fingerprint density at radius 3 is 2.77 bits per heavy atom. The number of rotatable bonds is 3. The molecule has 114 valence electrons. The minimum atomic E-state index is -1.11. The highest BCUT2D eigenvalue weighted by Crippen LogP contribution is 2.28. The first kappa shape index (κ1) is 14.2. The molecule has 0 spiro atoms. The van der Waals surface area contributed by atoms with Gasteiger partial charge in [-0.15, -0.1) is 0 Å². The molecule has 7 heteroatoms. The lowest BCUT2D eigenvalue weighted by molar-refractivity contribution is 0.0690. The predicted molar refractivity (Wildman–Crippen MR) is 76.7 cm³/mol. The maximum absolute atomic E-state index is 13.8. The van der Waals surface area contributed by atoms with Gasteiger partial charge in [-0.05, 0) is 29.7 Å². The molecule has 0 aliphatic carbocycles. The Kier molecular flexibility index (Phi) is 3.62. The van der Waals surface area contributed by atoms with E-state index in [1.807, 2.05) is 4.90 Å². The normalized spacial score (nSPS) is 13.6. The summed E-state index contributed by atoms with van der Waals surface area (Å²) in [5.41, 5.74) is 1.82. The first-order chi connectivity index (χ1) is 10.6. The molecule has 0 saturated heterocycles. The summed E-state index contributed by atoms with van der Waals surface area (Å²) in [6.45, 7) is 1.19. The van der Waals surface area contributed by atoms with Gasteiger partial charge in [0.05, 0.1) is 19.5 Å². The van der Waals surface area contributed by atoms with Crippen molar-refractivity contribution in [3.05, 3.63) is 47.2 Å². The van der Waals surface area contributed by atoms with Crippen LogP contribution in [0.2, 0.25) is 0 Å². The Bertz CT molecular complexity index is 719. The molecule has 1 aromatic heterocycles. The number of ether oxygens (including phenoxy) is 1. The minimum absolute atomic E-state index is 0.100. The van der Waals surface area contributed by atoms with Crippen molar-refractivity contribution >= 4 is 11.8 Å². The van der Waals surface area contributed by atoms with Gasteiger partial charge in [-0.25, -0.2) is 19.2 Å². The van der Waals surface area contributed by atoms with Crippen LogP contribution in [0.15, 0.2) is 24.5 Å². The van der Waals surface area contributed by atoms with Crippen LogP contribution in [-0.4, -0.2) is 34.7 Å². The standard InChI is InChI=1S/C15H14FN3O3/c1-22-13-5-9-2-3-19(8-10(9)4-11(13)16)14-7-17-12(6-18-14)15(20)21/h4-7H,2-3,8H2,1H3,(H,20,21). The van der Waals surface area contributed by atoms with Crippen molar-refractivity contribution in [3.8, 4) is 5.75 Å². The number of hydrogen-bond donors (Lipinski definition) is 1. The summed E-state index contributed by atoms with van der Waals surface area (Å²) in [6.07, 6.45) is 3.38. The molecule has 22 heavy (non-hydrogen) atoms. The van der Waals surface area contributed by atoms with Gasteiger partial charge in [0.1, 0.15) is 5.82 Å². The van der Waals surface area contributed by atoms with Crippen molar-refractivity contribution in [1.29, 1.82) is 0 Å². The largest absolute Gasteiger partial charge is 0.494 e. The summed E-state index contributed by atoms with van der Waals surface area (Å²) in [5, 5.41) is 8.83. The molecular formula is C15H14FN3O3. The Labute approximate surface area is 126 Å². The van der Waals surface area contributed by atoms with Crippen LogP contribution >= 0.6 is 0 Å². The number of carboxylic acids is 1. The number of anilines is 1. The van der Waals surface area contributed by atoms with E-state index in [-0.39, 0.29) is 11.4 Å². The predicted octanol–water partition coefficient (Wildman–Crippen LogP) is 1.89. The molecule has 0 atom stereocenters. The van der Waals surface area contributed by atoms with Crippen molar-refractivity contribution in [2.75, 3.05) is 18.6 Å². The van der Waals surface area contributed by atoms with Crippen LogP contribution in [0, 0.1) is 5.82 Å². The number of nitrogens with zero attached hydrogens (tertiary/aromatic N) is 3. The molecule has 3 rings (SSSR count). The fraction of sp³-hybridized carbons (Fsp3) is 0.267. The molecule has 1 N–H and O–H groups in total. The molecule has 1 aromatic carbocycles. The summed E-state index contributed by atoms with van der Waals surface area (Å²) in [6, 6.07) is 3.20. The Balaban J connectivity index is 1.84. The molecule has 0 radical (unpaired) electrons. The van der Waals surface area contributed by atoms with E-state index in [1.54, 1.807) is 6.07 Å². The van der Waals surface area contributed by atoms with Gasteiger partial charge in [0.25, 0.3) is 0 Å². The van der Waals surface area contributed by atoms with E-state index in [9.17, 15) is 9.18 Å². The van der Waals surface area contributed by atoms with Crippen LogP contribution in [0.4, 0.5) is 10.2 Å². The number of methoxy groups -OCH3 is 1. The molecule has 2 heterocycles. The summed E-state index contributed by atoms with van der Waals surface area (Å²) >= 11 is 0. The fourth-order valence-electron chi connectivity index (χ4n) is 2.50. The van der Waals surface area contributed by atoms with E-state index in [2.05, 4.69) is 9.97 Å². The van der Waals surface area contributed by atoms with E-state index in [4.69, 9.17) is 9.84 Å². The van der Waals surface area contributed by atoms with E-state index >= 15 is 0 Å². The van der Waals surface area contributed by atoms with Crippen molar-refractivity contribution in [1.82, 2.24) is 9.97 Å². The van der Waals surface area contributed by atoms with Crippen LogP contribution in [0.3, 0.4) is 0 Å². The third kappa shape index (κ3) is 2.57. The second-order valence-electron chi connectivity index (χ2n) is 4.99. The van der Waals surface area contributed by atoms with Crippen LogP contribution in [0.25, 0.3) is 0 Å². The molecule has 0 unspecified atom stereocenters. The Morgan fingerprint density at radius 1 is 1.32 bits per heavy atom. The third-order valence-electron chi connectivity index (χ3n) is 3.67. The first-order valence-corrected chi connectivity index (χ1v) is 6.74. The van der Waals surface area contributed by atoms with Gasteiger partial charge in [-0.3, -0.25) is 0 Å². The summed E-state index contributed by atoms with van der Waals surface area (Å²) in [7, 11) is 1.44. The maximum Gasteiger partial charge on any atom is 0.356 e. The number of aromatic nitrogens is 2. The van der Waals surface area contributed by atoms with Crippen LogP contribution in [-0.2, 0) is 13.0 Å². The van der Waals surface area contributed by atoms with E-state index < -0.39 is 11.8 Å². The van der Waals surface area contributed by atoms with Crippen LogP contribution in [0.5, 0.6) is 5.75 Å². The highest BCUT2D eigenvalue weighted by Gasteiger charge is 2.20. The quantitative estimate of drug-likeness (QED) is 0.933. The summed E-state index contributed by atoms with van der Waals surface area (Å²) < 4.78 is 18.8. The zero-order chi connectivity index (χ0) is 15.7. The van der Waals surface area contributed by atoms with E-state index in [1.165, 1.54) is 25.6 Å². The lowest BCUT2D eigenvalue weighted by Gasteiger charge is -2.29. The minimum Gasteiger partial charge on any atom is -0.494 e. The van der Waals surface area contributed by atoms with Crippen molar-refractivity contribution in [2.45, 2.75) is 13.0 Å². The van der Waals surface area contributed by atoms with Crippen molar-refractivity contribution in [3.63, 3.8) is 0 Å². The van der Waals surface area contributed by atoms with Crippen molar-refractivity contribution in [2.24, 2.45) is 0 Å². The monoisotopic (exact) mass is 303 g/mol. The lowest BCUT2D eigenvalue weighted by atomic mass is 9.99. The highest BCUT2D eigenvalue weighted by atomic mass is 19.1. The molecule has 1 aliphatic heterocycles. The zero-order valence-electron chi connectivity index (χ0n) is 11.9. The summed E-state index contributed by atoms with van der Waals surface area (Å²) in [4.78, 5) is 20.7. The van der Waals surface area contributed by atoms with Gasteiger partial charge < -0.3 is 14.7 Å². The van der Waals surface area contributed by atoms with Gasteiger partial charge >= 0.3 is 5.97 Å². The molecule has 6 nitrogen and oxygen atoms in total. The highest BCUT2D eigenvalue weighted by molar-refractivity contribution is 5.84. The second kappa shape index (κ2) is 5.59. The number of halogens is 1. The van der Waals surface area contributed by atoms with Gasteiger partial charge in [0.2, 0.25) is 0 Å². The number of benzene rings is 1. The van der Waals surface area contributed by atoms with Gasteiger partial charge in [-0.1, -0.05) is 0 Å².